The number of aryl methyl sites for hydroxylation is 1. The van der Waals surface area contributed by atoms with Gasteiger partial charge in [0.05, 0.1) is 0 Å². The molecule has 0 bridgehead atoms. The number of benzene rings is 1. The Morgan fingerprint density at radius 3 is 2.79 bits per heavy atom. The Kier molecular flexibility index (Phi) is 2.82. The minimum atomic E-state index is 1.18. The molecular formula is C12H10IN. The van der Waals surface area contributed by atoms with E-state index in [4.69, 9.17) is 0 Å². The van der Waals surface area contributed by atoms with E-state index in [9.17, 15) is 0 Å². The van der Waals surface area contributed by atoms with Gasteiger partial charge in [-0.15, -0.1) is 0 Å². The number of hydrogen-bond donors (Lipinski definition) is 0. The molecule has 0 unspecified atom stereocenters. The summed E-state index contributed by atoms with van der Waals surface area (Å²) < 4.78 is 1.27. The molecule has 1 nitrogen and oxygen atoms in total. The predicted octanol–water partition coefficient (Wildman–Crippen LogP) is 3.66. The molecule has 0 saturated carbocycles. The summed E-state index contributed by atoms with van der Waals surface area (Å²) in [5.41, 5.74) is 3.73. The van der Waals surface area contributed by atoms with Crippen molar-refractivity contribution in [1.29, 1.82) is 0 Å². The molecule has 0 radical (unpaired) electrons. The maximum atomic E-state index is 4.13. The van der Waals surface area contributed by atoms with Gasteiger partial charge in [-0.25, -0.2) is 0 Å². The lowest BCUT2D eigenvalue weighted by molar-refractivity contribution is 1.32. The molecule has 0 atom stereocenters. The summed E-state index contributed by atoms with van der Waals surface area (Å²) in [5, 5.41) is 0. The van der Waals surface area contributed by atoms with Crippen molar-refractivity contribution in [2.45, 2.75) is 6.92 Å². The first kappa shape index (κ1) is 9.65. The molecule has 1 heterocycles. The van der Waals surface area contributed by atoms with Crippen molar-refractivity contribution in [3.63, 3.8) is 0 Å². The zero-order chi connectivity index (χ0) is 9.97. The molecule has 0 aliphatic rings. The number of pyridine rings is 1. The van der Waals surface area contributed by atoms with Crippen LogP contribution >= 0.6 is 22.6 Å². The van der Waals surface area contributed by atoms with Crippen molar-refractivity contribution in [3.05, 3.63) is 51.9 Å². The molecule has 0 saturated heterocycles. The summed E-state index contributed by atoms with van der Waals surface area (Å²) >= 11 is 2.35. The fourth-order valence-electron chi connectivity index (χ4n) is 1.38. The molecule has 0 amide bonds. The van der Waals surface area contributed by atoms with Crippen LogP contribution in [-0.2, 0) is 0 Å². The smallest absolute Gasteiger partial charge is 0.0346 e. The summed E-state index contributed by atoms with van der Waals surface area (Å²) in [6, 6.07) is 10.5. The third kappa shape index (κ3) is 1.95. The Balaban J connectivity index is 2.57. The largest absolute Gasteiger partial charge is 0.264 e. The third-order valence-electron chi connectivity index (χ3n) is 2.09. The molecule has 2 rings (SSSR count). The number of hydrogen-bond acceptors (Lipinski definition) is 1. The minimum absolute atomic E-state index is 1.18. The highest BCUT2D eigenvalue weighted by Gasteiger charge is 2.02. The quantitative estimate of drug-likeness (QED) is 0.732. The number of halogens is 1. The first-order valence-electron chi connectivity index (χ1n) is 4.44. The molecule has 0 spiro atoms. The second-order valence-corrected chi connectivity index (χ2v) is 4.39. The maximum absolute atomic E-state index is 4.13. The van der Waals surface area contributed by atoms with Crippen LogP contribution in [-0.4, -0.2) is 4.98 Å². The number of aromatic nitrogens is 1. The summed E-state index contributed by atoms with van der Waals surface area (Å²) in [6.45, 7) is 2.11. The van der Waals surface area contributed by atoms with Gasteiger partial charge in [0.1, 0.15) is 0 Å². The molecule has 2 heteroatoms. The van der Waals surface area contributed by atoms with Crippen LogP contribution in [0.3, 0.4) is 0 Å². The molecule has 0 fully saturated rings. The molecule has 0 aliphatic carbocycles. The van der Waals surface area contributed by atoms with Gasteiger partial charge in [-0.3, -0.25) is 4.98 Å². The lowest BCUT2D eigenvalue weighted by atomic mass is 10.1. The highest BCUT2D eigenvalue weighted by molar-refractivity contribution is 14.1. The Morgan fingerprint density at radius 2 is 2.07 bits per heavy atom. The van der Waals surface area contributed by atoms with Gasteiger partial charge in [0.25, 0.3) is 0 Å². The standard InChI is InChI=1S/C12H10IN/c1-9-4-5-12(13)11(7-9)10-3-2-6-14-8-10/h2-8H,1H3. The van der Waals surface area contributed by atoms with Crippen LogP contribution < -0.4 is 0 Å². The topological polar surface area (TPSA) is 12.9 Å². The second kappa shape index (κ2) is 4.09. The van der Waals surface area contributed by atoms with Crippen molar-refractivity contribution in [2.75, 3.05) is 0 Å². The highest BCUT2D eigenvalue weighted by atomic mass is 127. The van der Waals surface area contributed by atoms with Gasteiger partial charge in [-0.1, -0.05) is 23.8 Å². The van der Waals surface area contributed by atoms with E-state index in [1.807, 2.05) is 12.3 Å². The zero-order valence-corrected chi connectivity index (χ0v) is 10.0. The van der Waals surface area contributed by atoms with Crippen LogP contribution in [0, 0.1) is 10.5 Å². The summed E-state index contributed by atoms with van der Waals surface area (Å²) in [7, 11) is 0. The van der Waals surface area contributed by atoms with Gasteiger partial charge in [0.2, 0.25) is 0 Å². The van der Waals surface area contributed by atoms with Crippen molar-refractivity contribution >= 4 is 22.6 Å². The van der Waals surface area contributed by atoms with Crippen molar-refractivity contribution in [2.24, 2.45) is 0 Å². The van der Waals surface area contributed by atoms with E-state index in [1.54, 1.807) is 6.20 Å². The average Bonchev–Trinajstić information content (AvgIpc) is 2.23. The zero-order valence-electron chi connectivity index (χ0n) is 7.87. The second-order valence-electron chi connectivity index (χ2n) is 3.23. The number of nitrogens with zero attached hydrogens (tertiary/aromatic N) is 1. The molecule has 0 aliphatic heterocycles. The predicted molar refractivity (Wildman–Crippen MR) is 67.1 cm³/mol. The molecule has 1 aromatic heterocycles. The first-order valence-corrected chi connectivity index (χ1v) is 5.52. The van der Waals surface area contributed by atoms with Crippen LogP contribution in [0.25, 0.3) is 11.1 Å². The van der Waals surface area contributed by atoms with Crippen LogP contribution in [0.4, 0.5) is 0 Å². The monoisotopic (exact) mass is 295 g/mol. The third-order valence-corrected chi connectivity index (χ3v) is 3.04. The summed E-state index contributed by atoms with van der Waals surface area (Å²) in [4.78, 5) is 4.13. The van der Waals surface area contributed by atoms with E-state index < -0.39 is 0 Å². The average molecular weight is 295 g/mol. The van der Waals surface area contributed by atoms with Gasteiger partial charge in [-0.2, -0.15) is 0 Å². The fraction of sp³-hybridized carbons (Fsp3) is 0.0833. The Hall–Kier alpha value is -0.900. The number of rotatable bonds is 1. The van der Waals surface area contributed by atoms with Crippen molar-refractivity contribution < 1.29 is 0 Å². The SMILES string of the molecule is Cc1ccc(I)c(-c2cccnc2)c1. The lowest BCUT2D eigenvalue weighted by Crippen LogP contribution is -1.84. The van der Waals surface area contributed by atoms with E-state index in [2.05, 4.69) is 58.8 Å². The van der Waals surface area contributed by atoms with E-state index in [1.165, 1.54) is 20.3 Å². The summed E-state index contributed by atoms with van der Waals surface area (Å²) in [6.07, 6.45) is 3.70. The molecule has 70 valence electrons. The van der Waals surface area contributed by atoms with Gasteiger partial charge in [0.15, 0.2) is 0 Å². The van der Waals surface area contributed by atoms with Gasteiger partial charge >= 0.3 is 0 Å². The fourth-order valence-corrected chi connectivity index (χ4v) is 2.03. The summed E-state index contributed by atoms with van der Waals surface area (Å²) in [5.74, 6) is 0. The normalized spacial score (nSPS) is 10.1. The lowest BCUT2D eigenvalue weighted by Gasteiger charge is -2.04. The van der Waals surface area contributed by atoms with Gasteiger partial charge in [0, 0.05) is 21.5 Å². The molecule has 0 N–H and O–H groups in total. The van der Waals surface area contributed by atoms with Gasteiger partial charge in [-0.05, 0) is 47.2 Å². The van der Waals surface area contributed by atoms with Crippen LogP contribution in [0.15, 0.2) is 42.7 Å². The van der Waals surface area contributed by atoms with E-state index >= 15 is 0 Å². The minimum Gasteiger partial charge on any atom is -0.264 e. The van der Waals surface area contributed by atoms with Gasteiger partial charge < -0.3 is 0 Å². The molecule has 14 heavy (non-hydrogen) atoms. The van der Waals surface area contributed by atoms with Crippen molar-refractivity contribution in [1.82, 2.24) is 4.98 Å². The Labute approximate surface area is 97.3 Å². The molecule has 1 aromatic carbocycles. The first-order chi connectivity index (χ1) is 6.77. The molecular weight excluding hydrogens is 285 g/mol. The maximum Gasteiger partial charge on any atom is 0.0346 e. The van der Waals surface area contributed by atoms with Crippen molar-refractivity contribution in [3.8, 4) is 11.1 Å². The molecule has 2 aromatic rings. The Morgan fingerprint density at radius 1 is 1.21 bits per heavy atom. The van der Waals surface area contributed by atoms with E-state index in [-0.39, 0.29) is 0 Å². The van der Waals surface area contributed by atoms with Crippen LogP contribution in [0.5, 0.6) is 0 Å². The van der Waals surface area contributed by atoms with Crippen LogP contribution in [0.2, 0.25) is 0 Å². The Bertz CT molecular complexity index is 437. The van der Waals surface area contributed by atoms with E-state index in [0.717, 1.165) is 0 Å². The van der Waals surface area contributed by atoms with E-state index in [0.29, 0.717) is 0 Å². The highest BCUT2D eigenvalue weighted by Crippen LogP contribution is 2.25. The van der Waals surface area contributed by atoms with Crippen LogP contribution in [0.1, 0.15) is 5.56 Å².